The van der Waals surface area contributed by atoms with Gasteiger partial charge in [0, 0.05) is 41.8 Å². The molecule has 0 aliphatic carbocycles. The summed E-state index contributed by atoms with van der Waals surface area (Å²) in [4.78, 5) is 6.85. The number of aromatic amines is 1. The summed E-state index contributed by atoms with van der Waals surface area (Å²) in [7, 11) is 1.92. The molecule has 146 valence electrons. The van der Waals surface area contributed by atoms with Crippen LogP contribution in [-0.2, 0) is 0 Å². The van der Waals surface area contributed by atoms with E-state index in [4.69, 9.17) is 4.99 Å². The molecule has 4 rings (SSSR count). The van der Waals surface area contributed by atoms with Gasteiger partial charge in [0.15, 0.2) is 5.84 Å². The van der Waals surface area contributed by atoms with Gasteiger partial charge in [-0.05, 0) is 43.7 Å². The first-order valence-corrected chi connectivity index (χ1v) is 9.49. The lowest BCUT2D eigenvalue weighted by Gasteiger charge is -2.26. The number of nitrogens with one attached hydrogen (secondary N) is 3. The number of benzene rings is 2. The number of hydrogen-bond donors (Lipinski definition) is 3. The smallest absolute Gasteiger partial charge is 0.154 e. The molecule has 0 saturated carbocycles. The molecular formula is C23H24N6. The van der Waals surface area contributed by atoms with E-state index in [1.165, 1.54) is 0 Å². The molecule has 6 nitrogen and oxygen atoms in total. The van der Waals surface area contributed by atoms with E-state index in [0.717, 1.165) is 44.8 Å². The molecule has 0 spiro atoms. The van der Waals surface area contributed by atoms with Crippen LogP contribution in [0.25, 0.3) is 16.6 Å². The average Bonchev–Trinajstić information content (AvgIpc) is 3.19. The van der Waals surface area contributed by atoms with Gasteiger partial charge in [0.2, 0.25) is 0 Å². The van der Waals surface area contributed by atoms with Crippen LogP contribution in [0.3, 0.4) is 0 Å². The number of anilines is 2. The molecule has 6 heteroatoms. The fourth-order valence-electron chi connectivity index (χ4n) is 3.33. The molecule has 0 unspecified atom stereocenters. The van der Waals surface area contributed by atoms with Crippen LogP contribution in [0.5, 0.6) is 0 Å². The zero-order valence-corrected chi connectivity index (χ0v) is 16.8. The lowest BCUT2D eigenvalue weighted by atomic mass is 10.1. The van der Waals surface area contributed by atoms with Crippen molar-refractivity contribution in [3.63, 3.8) is 0 Å². The fraction of sp³-hybridized carbons (Fsp3) is 0.130. The molecule has 0 saturated heterocycles. The van der Waals surface area contributed by atoms with Crippen molar-refractivity contribution in [1.29, 1.82) is 0 Å². The van der Waals surface area contributed by atoms with E-state index in [-0.39, 0.29) is 0 Å². The molecule has 2 aromatic carbocycles. The Morgan fingerprint density at radius 3 is 2.79 bits per heavy atom. The van der Waals surface area contributed by atoms with Gasteiger partial charge < -0.3 is 15.5 Å². The predicted molar refractivity (Wildman–Crippen MR) is 122 cm³/mol. The third kappa shape index (κ3) is 3.65. The number of nitrogens with zero attached hydrogens (tertiary/aromatic N) is 3. The lowest BCUT2D eigenvalue weighted by molar-refractivity contribution is 0.658. The van der Waals surface area contributed by atoms with Gasteiger partial charge >= 0.3 is 0 Å². The second-order valence-electron chi connectivity index (χ2n) is 6.89. The third-order valence-electron chi connectivity index (χ3n) is 4.88. The Balaban J connectivity index is 1.72. The van der Waals surface area contributed by atoms with Crippen LogP contribution in [0.15, 0.2) is 78.3 Å². The van der Waals surface area contributed by atoms with Gasteiger partial charge in [-0.2, -0.15) is 5.10 Å². The number of amidine groups is 1. The molecule has 0 bridgehead atoms. The van der Waals surface area contributed by atoms with E-state index in [1.807, 2.05) is 55.7 Å². The van der Waals surface area contributed by atoms with E-state index in [1.54, 1.807) is 0 Å². The van der Waals surface area contributed by atoms with Crippen molar-refractivity contribution in [2.75, 3.05) is 17.7 Å². The van der Waals surface area contributed by atoms with Gasteiger partial charge in [-0.25, -0.2) is 4.99 Å². The topological polar surface area (TPSA) is 68.3 Å². The Bertz CT molecular complexity index is 1170. The summed E-state index contributed by atoms with van der Waals surface area (Å²) in [6.07, 6.45) is 7.76. The molecule has 0 radical (unpaired) electrons. The van der Waals surface area contributed by atoms with E-state index >= 15 is 0 Å². The first-order valence-electron chi connectivity index (χ1n) is 9.49. The molecule has 2 heterocycles. The zero-order valence-electron chi connectivity index (χ0n) is 16.8. The van der Waals surface area contributed by atoms with Crippen LogP contribution in [0.1, 0.15) is 18.1 Å². The van der Waals surface area contributed by atoms with E-state index in [9.17, 15) is 0 Å². The summed E-state index contributed by atoms with van der Waals surface area (Å²) in [5, 5.41) is 14.8. The van der Waals surface area contributed by atoms with Crippen molar-refractivity contribution in [3.05, 3.63) is 84.5 Å². The largest absolute Gasteiger partial charge is 0.388 e. The van der Waals surface area contributed by atoms with Gasteiger partial charge in [0.1, 0.15) is 0 Å². The molecule has 1 aromatic heterocycles. The number of aromatic nitrogens is 2. The zero-order chi connectivity index (χ0) is 20.4. The maximum Gasteiger partial charge on any atom is 0.154 e. The van der Waals surface area contributed by atoms with Gasteiger partial charge in [-0.3, -0.25) is 5.10 Å². The van der Waals surface area contributed by atoms with Gasteiger partial charge in [0.25, 0.3) is 0 Å². The van der Waals surface area contributed by atoms with Gasteiger partial charge in [-0.1, -0.05) is 24.8 Å². The van der Waals surface area contributed by atoms with E-state index in [2.05, 4.69) is 58.6 Å². The molecule has 0 atom stereocenters. The number of fused-ring (bicyclic) bond motifs is 1. The number of allylic oxidation sites excluding steroid dienone is 1. The lowest BCUT2D eigenvalue weighted by Crippen LogP contribution is -2.26. The Morgan fingerprint density at radius 1 is 1.17 bits per heavy atom. The molecule has 0 fully saturated rings. The normalized spacial score (nSPS) is 14.3. The summed E-state index contributed by atoms with van der Waals surface area (Å²) < 4.78 is 0. The summed E-state index contributed by atoms with van der Waals surface area (Å²) in [5.41, 5.74) is 6.84. The van der Waals surface area contributed by atoms with E-state index in [0.29, 0.717) is 5.84 Å². The highest BCUT2D eigenvalue weighted by Crippen LogP contribution is 2.28. The van der Waals surface area contributed by atoms with Crippen LogP contribution in [0.2, 0.25) is 0 Å². The highest BCUT2D eigenvalue weighted by Gasteiger charge is 2.19. The third-order valence-corrected chi connectivity index (χ3v) is 4.88. The first kappa shape index (κ1) is 18.6. The number of rotatable bonds is 4. The number of H-pyrrole nitrogens is 1. The molecule has 3 aromatic rings. The van der Waals surface area contributed by atoms with Crippen molar-refractivity contribution >= 4 is 33.8 Å². The molecule has 0 amide bonds. The Hall–Kier alpha value is -3.80. The van der Waals surface area contributed by atoms with Crippen LogP contribution < -0.4 is 10.6 Å². The quantitative estimate of drug-likeness (QED) is 0.586. The highest BCUT2D eigenvalue weighted by atomic mass is 15.2. The summed E-state index contributed by atoms with van der Waals surface area (Å²) >= 11 is 0. The maximum atomic E-state index is 4.87. The number of hydrogen-bond acceptors (Lipinski definition) is 5. The summed E-state index contributed by atoms with van der Waals surface area (Å²) in [5.74, 6) is 0.710. The minimum Gasteiger partial charge on any atom is -0.388 e. The predicted octanol–water partition coefficient (Wildman–Crippen LogP) is 5.08. The second-order valence-corrected chi connectivity index (χ2v) is 6.89. The monoisotopic (exact) mass is 384 g/mol. The second kappa shape index (κ2) is 7.67. The number of aryl methyl sites for hydroxylation is 1. The Morgan fingerprint density at radius 2 is 2.03 bits per heavy atom. The van der Waals surface area contributed by atoms with Crippen LogP contribution in [-0.4, -0.2) is 28.0 Å². The Kier molecular flexibility index (Phi) is 4.91. The highest BCUT2D eigenvalue weighted by molar-refractivity contribution is 6.11. The summed E-state index contributed by atoms with van der Waals surface area (Å²) in [6.45, 7) is 8.28. The average molecular weight is 384 g/mol. The molecule has 29 heavy (non-hydrogen) atoms. The Labute approximate surface area is 170 Å². The first-order chi connectivity index (χ1) is 14.1. The summed E-state index contributed by atoms with van der Waals surface area (Å²) in [6, 6.07) is 12.3. The minimum absolute atomic E-state index is 0.710. The molecule has 3 N–H and O–H groups in total. The van der Waals surface area contributed by atoms with Crippen molar-refractivity contribution < 1.29 is 0 Å². The molecular weight excluding hydrogens is 360 g/mol. The number of aliphatic imine (C=N–C) groups is 1. The van der Waals surface area contributed by atoms with Crippen LogP contribution in [0.4, 0.5) is 11.4 Å². The van der Waals surface area contributed by atoms with Crippen molar-refractivity contribution in [2.45, 2.75) is 13.8 Å². The SMILES string of the molecule is C=C1C(Nc2ccc(NC)c(C)c2)=NC(c2ccc3cn[nH]c3c2)=CN1/C=C\C. The van der Waals surface area contributed by atoms with Gasteiger partial charge in [-0.15, -0.1) is 0 Å². The fourth-order valence-corrected chi connectivity index (χ4v) is 3.33. The van der Waals surface area contributed by atoms with Gasteiger partial charge in [0.05, 0.1) is 23.1 Å². The standard InChI is InChI=1S/C23H24N6/c1-5-10-29-14-22(17-6-7-18-13-25-28-21(18)12-17)27-23(16(29)3)26-19-8-9-20(24-4)15(2)11-19/h5-14,24H,3H2,1-2,4H3,(H,25,28)(H,26,27)/b10-5-. The maximum absolute atomic E-state index is 4.87. The van der Waals surface area contributed by atoms with Crippen LogP contribution >= 0.6 is 0 Å². The van der Waals surface area contributed by atoms with Crippen molar-refractivity contribution in [2.24, 2.45) is 4.99 Å². The van der Waals surface area contributed by atoms with Crippen molar-refractivity contribution in [3.8, 4) is 0 Å². The molecule has 1 aliphatic heterocycles. The minimum atomic E-state index is 0.710. The van der Waals surface area contributed by atoms with Crippen LogP contribution in [0, 0.1) is 6.92 Å². The van der Waals surface area contributed by atoms with E-state index < -0.39 is 0 Å². The molecule has 1 aliphatic rings. The van der Waals surface area contributed by atoms with Crippen molar-refractivity contribution in [1.82, 2.24) is 15.1 Å².